The Balaban J connectivity index is 2.65. The monoisotopic (exact) mass is 233 g/mol. The molecule has 0 saturated heterocycles. The van der Waals surface area contributed by atoms with Crippen molar-refractivity contribution in [1.29, 1.82) is 5.26 Å². The fraction of sp³-hybridized carbons (Fsp3) is 0.462. The molecule has 1 aromatic carbocycles. The molecule has 0 saturated carbocycles. The summed E-state index contributed by atoms with van der Waals surface area (Å²) in [5.74, 6) is 0. The van der Waals surface area contributed by atoms with Crippen molar-refractivity contribution in [3.05, 3.63) is 23.8 Å². The summed E-state index contributed by atoms with van der Waals surface area (Å²) in [5, 5.41) is 21.9. The van der Waals surface area contributed by atoms with Crippen molar-refractivity contribution < 1.29 is 5.11 Å². The van der Waals surface area contributed by atoms with Gasteiger partial charge in [-0.05, 0) is 31.5 Å². The van der Waals surface area contributed by atoms with Crippen LogP contribution < -0.4 is 11.1 Å². The second-order valence-electron chi connectivity index (χ2n) is 4.51. The van der Waals surface area contributed by atoms with Gasteiger partial charge in [0, 0.05) is 12.2 Å². The Labute approximate surface area is 102 Å². The molecule has 4 nitrogen and oxygen atoms in total. The van der Waals surface area contributed by atoms with E-state index in [9.17, 15) is 5.11 Å². The highest BCUT2D eigenvalue weighted by Crippen LogP contribution is 2.19. The SMILES string of the molecule is CCCC(C)(O)CNc1ccc(C#N)c(N)c1. The van der Waals surface area contributed by atoms with E-state index in [1.54, 1.807) is 25.1 Å². The molecule has 1 atom stereocenters. The van der Waals surface area contributed by atoms with Gasteiger partial charge in [0.1, 0.15) is 6.07 Å². The second kappa shape index (κ2) is 5.55. The summed E-state index contributed by atoms with van der Waals surface area (Å²) < 4.78 is 0. The smallest absolute Gasteiger partial charge is 0.101 e. The molecule has 0 amide bonds. The van der Waals surface area contributed by atoms with E-state index in [0.717, 1.165) is 18.5 Å². The fourth-order valence-corrected chi connectivity index (χ4v) is 1.69. The molecule has 1 rings (SSSR count). The molecule has 0 aliphatic heterocycles. The number of aliphatic hydroxyl groups is 1. The van der Waals surface area contributed by atoms with Gasteiger partial charge in [0.2, 0.25) is 0 Å². The average Bonchev–Trinajstić information content (AvgIpc) is 2.27. The van der Waals surface area contributed by atoms with Gasteiger partial charge in [-0.25, -0.2) is 0 Å². The molecule has 0 radical (unpaired) electrons. The molecule has 1 unspecified atom stereocenters. The summed E-state index contributed by atoms with van der Waals surface area (Å²) >= 11 is 0. The largest absolute Gasteiger partial charge is 0.398 e. The van der Waals surface area contributed by atoms with Gasteiger partial charge < -0.3 is 16.2 Å². The second-order valence-corrected chi connectivity index (χ2v) is 4.51. The third kappa shape index (κ3) is 3.97. The molecule has 0 aromatic heterocycles. The highest BCUT2D eigenvalue weighted by atomic mass is 16.3. The fourth-order valence-electron chi connectivity index (χ4n) is 1.69. The van der Waals surface area contributed by atoms with Crippen molar-refractivity contribution in [3.8, 4) is 6.07 Å². The summed E-state index contributed by atoms with van der Waals surface area (Å²) in [7, 11) is 0. The van der Waals surface area contributed by atoms with Gasteiger partial charge in [0.25, 0.3) is 0 Å². The normalized spacial score (nSPS) is 13.8. The van der Waals surface area contributed by atoms with Crippen molar-refractivity contribution in [2.45, 2.75) is 32.3 Å². The molecule has 0 spiro atoms. The summed E-state index contributed by atoms with van der Waals surface area (Å²) in [6, 6.07) is 7.18. The van der Waals surface area contributed by atoms with E-state index in [-0.39, 0.29) is 0 Å². The molecule has 17 heavy (non-hydrogen) atoms. The number of rotatable bonds is 5. The van der Waals surface area contributed by atoms with E-state index in [4.69, 9.17) is 11.0 Å². The molecule has 0 aliphatic rings. The molecule has 92 valence electrons. The van der Waals surface area contributed by atoms with Crippen LogP contribution in [0.25, 0.3) is 0 Å². The number of nitrogen functional groups attached to an aromatic ring is 1. The predicted octanol–water partition coefficient (Wildman–Crippen LogP) is 2.10. The van der Waals surface area contributed by atoms with Crippen LogP contribution in [-0.2, 0) is 0 Å². The number of hydrogen-bond acceptors (Lipinski definition) is 4. The lowest BCUT2D eigenvalue weighted by Gasteiger charge is -2.23. The van der Waals surface area contributed by atoms with Crippen molar-refractivity contribution in [2.75, 3.05) is 17.6 Å². The van der Waals surface area contributed by atoms with Crippen LogP contribution >= 0.6 is 0 Å². The van der Waals surface area contributed by atoms with E-state index in [0.29, 0.717) is 17.8 Å². The first kappa shape index (κ1) is 13.3. The minimum Gasteiger partial charge on any atom is -0.398 e. The van der Waals surface area contributed by atoms with E-state index in [1.165, 1.54) is 0 Å². The third-order valence-electron chi connectivity index (χ3n) is 2.63. The van der Waals surface area contributed by atoms with Gasteiger partial charge in [0.05, 0.1) is 16.9 Å². The lowest BCUT2D eigenvalue weighted by Crippen LogP contribution is -2.33. The molecule has 1 aromatic rings. The summed E-state index contributed by atoms with van der Waals surface area (Å²) in [6.45, 7) is 4.30. The summed E-state index contributed by atoms with van der Waals surface area (Å²) in [5.41, 5.74) is 6.72. The zero-order chi connectivity index (χ0) is 12.9. The van der Waals surface area contributed by atoms with Crippen molar-refractivity contribution >= 4 is 11.4 Å². The van der Waals surface area contributed by atoms with Crippen LogP contribution in [0, 0.1) is 11.3 Å². The summed E-state index contributed by atoms with van der Waals surface area (Å²) in [4.78, 5) is 0. The Kier molecular flexibility index (Phi) is 4.36. The number of anilines is 2. The van der Waals surface area contributed by atoms with Crippen LogP contribution in [-0.4, -0.2) is 17.3 Å². The van der Waals surface area contributed by atoms with Crippen LogP contribution in [0.2, 0.25) is 0 Å². The number of nitriles is 1. The minimum atomic E-state index is -0.725. The molecule has 0 heterocycles. The van der Waals surface area contributed by atoms with Crippen LogP contribution in [0.1, 0.15) is 32.3 Å². The molecular formula is C13H19N3O. The van der Waals surface area contributed by atoms with Crippen LogP contribution in [0.15, 0.2) is 18.2 Å². The maximum absolute atomic E-state index is 10.00. The first-order valence-electron chi connectivity index (χ1n) is 5.74. The predicted molar refractivity (Wildman–Crippen MR) is 69.6 cm³/mol. The number of nitrogens with one attached hydrogen (secondary N) is 1. The molecular weight excluding hydrogens is 214 g/mol. The van der Waals surface area contributed by atoms with Crippen LogP contribution in [0.4, 0.5) is 11.4 Å². The van der Waals surface area contributed by atoms with E-state index in [2.05, 4.69) is 5.32 Å². The van der Waals surface area contributed by atoms with Crippen molar-refractivity contribution in [3.63, 3.8) is 0 Å². The Morgan fingerprint density at radius 2 is 2.24 bits per heavy atom. The molecule has 0 aliphatic carbocycles. The minimum absolute atomic E-state index is 0.452. The quantitative estimate of drug-likeness (QED) is 0.680. The average molecular weight is 233 g/mol. The van der Waals surface area contributed by atoms with Crippen LogP contribution in [0.5, 0.6) is 0 Å². The van der Waals surface area contributed by atoms with Gasteiger partial charge in [-0.1, -0.05) is 13.3 Å². The van der Waals surface area contributed by atoms with Crippen molar-refractivity contribution in [1.82, 2.24) is 0 Å². The first-order valence-corrected chi connectivity index (χ1v) is 5.74. The van der Waals surface area contributed by atoms with E-state index in [1.807, 2.05) is 13.0 Å². The Morgan fingerprint density at radius 1 is 1.53 bits per heavy atom. The molecule has 4 heteroatoms. The van der Waals surface area contributed by atoms with E-state index < -0.39 is 5.60 Å². The topological polar surface area (TPSA) is 82.1 Å². The summed E-state index contributed by atoms with van der Waals surface area (Å²) in [6.07, 6.45) is 1.68. The zero-order valence-corrected chi connectivity index (χ0v) is 10.3. The number of hydrogen-bond donors (Lipinski definition) is 3. The van der Waals surface area contributed by atoms with Gasteiger partial charge in [-0.3, -0.25) is 0 Å². The lowest BCUT2D eigenvalue weighted by atomic mass is 10.0. The molecule has 4 N–H and O–H groups in total. The maximum Gasteiger partial charge on any atom is 0.101 e. The maximum atomic E-state index is 10.00. The van der Waals surface area contributed by atoms with Gasteiger partial charge >= 0.3 is 0 Å². The zero-order valence-electron chi connectivity index (χ0n) is 10.3. The highest BCUT2D eigenvalue weighted by Gasteiger charge is 2.18. The highest BCUT2D eigenvalue weighted by molar-refractivity contribution is 5.62. The van der Waals surface area contributed by atoms with Gasteiger partial charge in [0.15, 0.2) is 0 Å². The van der Waals surface area contributed by atoms with Crippen molar-refractivity contribution in [2.24, 2.45) is 0 Å². The van der Waals surface area contributed by atoms with Gasteiger partial charge in [-0.2, -0.15) is 5.26 Å². The number of nitrogens with zero attached hydrogens (tertiary/aromatic N) is 1. The van der Waals surface area contributed by atoms with Gasteiger partial charge in [-0.15, -0.1) is 0 Å². The third-order valence-corrected chi connectivity index (χ3v) is 2.63. The Morgan fingerprint density at radius 3 is 2.76 bits per heavy atom. The Hall–Kier alpha value is -1.73. The lowest BCUT2D eigenvalue weighted by molar-refractivity contribution is 0.0637. The molecule has 0 fully saturated rings. The van der Waals surface area contributed by atoms with Crippen LogP contribution in [0.3, 0.4) is 0 Å². The first-order chi connectivity index (χ1) is 7.98. The molecule has 0 bridgehead atoms. The number of nitrogens with two attached hydrogens (primary N) is 1. The Bertz CT molecular complexity index is 421. The van der Waals surface area contributed by atoms with E-state index >= 15 is 0 Å². The standard InChI is InChI=1S/C13H19N3O/c1-3-6-13(2,17)9-16-11-5-4-10(8-14)12(15)7-11/h4-5,7,16-17H,3,6,9,15H2,1-2H3. The number of benzene rings is 1.